The zero-order chi connectivity index (χ0) is 8.10. The number of hydrogen-bond acceptors (Lipinski definition) is 1. The van der Waals surface area contributed by atoms with E-state index in [1.807, 2.05) is 18.2 Å². The standard InChI is InChI=1S/C9H12O2/c10-9(11)7-8-5-3-1-2-4-6-8/h1-3,5,8H,4,6-7H2,(H,10,11)/t8-/m1/s1. The molecular formula is C9H12O2. The van der Waals surface area contributed by atoms with Crippen LogP contribution in [0, 0.1) is 5.92 Å². The molecule has 1 N–H and O–H groups in total. The van der Waals surface area contributed by atoms with Gasteiger partial charge in [-0.1, -0.05) is 24.3 Å². The number of aliphatic carboxylic acids is 1. The molecule has 0 heterocycles. The second-order valence-electron chi connectivity index (χ2n) is 2.75. The lowest BCUT2D eigenvalue weighted by atomic mass is 10.0. The summed E-state index contributed by atoms with van der Waals surface area (Å²) in [5.74, 6) is -0.482. The van der Waals surface area contributed by atoms with E-state index < -0.39 is 5.97 Å². The average Bonchev–Trinajstić information content (AvgIpc) is 2.14. The molecule has 2 nitrogen and oxygen atoms in total. The fraction of sp³-hybridized carbons (Fsp3) is 0.444. The van der Waals surface area contributed by atoms with E-state index in [9.17, 15) is 4.79 Å². The van der Waals surface area contributed by atoms with E-state index in [1.54, 1.807) is 0 Å². The molecule has 1 aliphatic carbocycles. The van der Waals surface area contributed by atoms with Gasteiger partial charge in [0.1, 0.15) is 0 Å². The molecule has 1 atom stereocenters. The van der Waals surface area contributed by atoms with Gasteiger partial charge in [-0.15, -0.1) is 0 Å². The molecule has 0 unspecified atom stereocenters. The van der Waals surface area contributed by atoms with Crippen molar-refractivity contribution in [3.05, 3.63) is 24.3 Å². The molecule has 0 bridgehead atoms. The Morgan fingerprint density at radius 1 is 1.55 bits per heavy atom. The number of rotatable bonds is 2. The minimum absolute atomic E-state index is 0.225. The summed E-state index contributed by atoms with van der Waals surface area (Å²) in [4.78, 5) is 10.3. The largest absolute Gasteiger partial charge is 0.481 e. The van der Waals surface area contributed by atoms with Crippen molar-refractivity contribution in [2.45, 2.75) is 19.3 Å². The van der Waals surface area contributed by atoms with Crippen LogP contribution >= 0.6 is 0 Å². The molecule has 0 saturated carbocycles. The highest BCUT2D eigenvalue weighted by Crippen LogP contribution is 2.15. The SMILES string of the molecule is O=C(O)C[C@@H]1C=CC=CCC1. The molecule has 0 aromatic carbocycles. The van der Waals surface area contributed by atoms with Gasteiger partial charge in [-0.2, -0.15) is 0 Å². The van der Waals surface area contributed by atoms with Gasteiger partial charge in [0.2, 0.25) is 0 Å². The van der Waals surface area contributed by atoms with Gasteiger partial charge < -0.3 is 5.11 Å². The van der Waals surface area contributed by atoms with E-state index in [2.05, 4.69) is 6.08 Å². The zero-order valence-corrected chi connectivity index (χ0v) is 6.36. The lowest BCUT2D eigenvalue weighted by Crippen LogP contribution is -2.04. The number of hydrogen-bond donors (Lipinski definition) is 1. The Labute approximate surface area is 66.2 Å². The van der Waals surface area contributed by atoms with Crippen molar-refractivity contribution in [2.24, 2.45) is 5.92 Å². The molecule has 1 aliphatic rings. The summed E-state index contributed by atoms with van der Waals surface area (Å²) in [5.41, 5.74) is 0. The minimum Gasteiger partial charge on any atom is -0.481 e. The summed E-state index contributed by atoms with van der Waals surface area (Å²) in [6.45, 7) is 0. The van der Waals surface area contributed by atoms with E-state index in [0.29, 0.717) is 0 Å². The summed E-state index contributed by atoms with van der Waals surface area (Å²) in [7, 11) is 0. The Hall–Kier alpha value is -1.05. The first-order valence-corrected chi connectivity index (χ1v) is 3.84. The molecule has 0 radical (unpaired) electrons. The van der Waals surface area contributed by atoms with Crippen molar-refractivity contribution in [1.29, 1.82) is 0 Å². The van der Waals surface area contributed by atoms with Gasteiger partial charge in [0, 0.05) is 0 Å². The second kappa shape index (κ2) is 3.96. The third-order valence-electron chi connectivity index (χ3n) is 1.77. The number of allylic oxidation sites excluding steroid dienone is 4. The Balaban J connectivity index is 2.41. The predicted octanol–water partition coefficient (Wildman–Crippen LogP) is 1.98. The highest BCUT2D eigenvalue weighted by Gasteiger charge is 2.09. The van der Waals surface area contributed by atoms with Crippen LogP contribution in [0.2, 0.25) is 0 Å². The molecule has 0 aliphatic heterocycles. The Morgan fingerprint density at radius 2 is 2.36 bits per heavy atom. The quantitative estimate of drug-likeness (QED) is 0.657. The molecule has 2 heteroatoms. The van der Waals surface area contributed by atoms with Crippen LogP contribution in [-0.2, 0) is 4.79 Å². The topological polar surface area (TPSA) is 37.3 Å². The highest BCUT2D eigenvalue weighted by molar-refractivity contribution is 5.67. The maximum Gasteiger partial charge on any atom is 0.303 e. The Morgan fingerprint density at radius 3 is 3.09 bits per heavy atom. The van der Waals surface area contributed by atoms with Crippen LogP contribution in [0.3, 0.4) is 0 Å². The van der Waals surface area contributed by atoms with Gasteiger partial charge in [-0.25, -0.2) is 0 Å². The van der Waals surface area contributed by atoms with Gasteiger partial charge in [0.05, 0.1) is 6.42 Å². The third kappa shape index (κ3) is 3.03. The first-order valence-electron chi connectivity index (χ1n) is 3.84. The Bertz CT molecular complexity index is 192. The normalized spacial score (nSPS) is 23.1. The first-order chi connectivity index (χ1) is 5.29. The van der Waals surface area contributed by atoms with Crippen LogP contribution in [0.4, 0.5) is 0 Å². The van der Waals surface area contributed by atoms with Gasteiger partial charge in [0.15, 0.2) is 0 Å². The molecule has 1 rings (SSSR count). The molecular weight excluding hydrogens is 140 g/mol. The fourth-order valence-corrected chi connectivity index (χ4v) is 1.20. The molecule has 0 aromatic rings. The molecule has 60 valence electrons. The van der Waals surface area contributed by atoms with E-state index in [4.69, 9.17) is 5.11 Å². The molecule has 0 spiro atoms. The maximum absolute atomic E-state index is 10.3. The van der Waals surface area contributed by atoms with Crippen LogP contribution in [0.1, 0.15) is 19.3 Å². The lowest BCUT2D eigenvalue weighted by molar-refractivity contribution is -0.137. The molecule has 11 heavy (non-hydrogen) atoms. The van der Waals surface area contributed by atoms with Gasteiger partial charge in [-0.3, -0.25) is 4.79 Å². The van der Waals surface area contributed by atoms with Crippen molar-refractivity contribution in [2.75, 3.05) is 0 Å². The van der Waals surface area contributed by atoms with Crippen LogP contribution in [0.25, 0.3) is 0 Å². The molecule has 0 aromatic heterocycles. The summed E-state index contributed by atoms with van der Waals surface area (Å²) in [5, 5.41) is 8.50. The van der Waals surface area contributed by atoms with Gasteiger partial charge in [0.25, 0.3) is 0 Å². The predicted molar refractivity (Wildman–Crippen MR) is 43.3 cm³/mol. The smallest absolute Gasteiger partial charge is 0.303 e. The van der Waals surface area contributed by atoms with Crippen LogP contribution in [0.15, 0.2) is 24.3 Å². The fourth-order valence-electron chi connectivity index (χ4n) is 1.20. The summed E-state index contributed by atoms with van der Waals surface area (Å²) in [6, 6.07) is 0. The average molecular weight is 152 g/mol. The first kappa shape index (κ1) is 8.05. The summed E-state index contributed by atoms with van der Waals surface area (Å²) < 4.78 is 0. The summed E-state index contributed by atoms with van der Waals surface area (Å²) >= 11 is 0. The van der Waals surface area contributed by atoms with E-state index in [0.717, 1.165) is 12.8 Å². The van der Waals surface area contributed by atoms with Crippen molar-refractivity contribution in [1.82, 2.24) is 0 Å². The lowest BCUT2D eigenvalue weighted by Gasteiger charge is -2.05. The van der Waals surface area contributed by atoms with E-state index in [1.165, 1.54) is 0 Å². The molecule has 0 saturated heterocycles. The van der Waals surface area contributed by atoms with E-state index >= 15 is 0 Å². The minimum atomic E-state index is -0.707. The van der Waals surface area contributed by atoms with Crippen LogP contribution < -0.4 is 0 Å². The van der Waals surface area contributed by atoms with Crippen molar-refractivity contribution < 1.29 is 9.90 Å². The van der Waals surface area contributed by atoms with Gasteiger partial charge >= 0.3 is 5.97 Å². The Kier molecular flexibility index (Phi) is 2.90. The van der Waals surface area contributed by atoms with Crippen molar-refractivity contribution >= 4 is 5.97 Å². The van der Waals surface area contributed by atoms with Crippen molar-refractivity contribution in [3.63, 3.8) is 0 Å². The van der Waals surface area contributed by atoms with Crippen LogP contribution in [-0.4, -0.2) is 11.1 Å². The zero-order valence-electron chi connectivity index (χ0n) is 6.36. The monoisotopic (exact) mass is 152 g/mol. The highest BCUT2D eigenvalue weighted by atomic mass is 16.4. The second-order valence-corrected chi connectivity index (χ2v) is 2.75. The maximum atomic E-state index is 10.3. The van der Waals surface area contributed by atoms with E-state index in [-0.39, 0.29) is 12.3 Å². The third-order valence-corrected chi connectivity index (χ3v) is 1.77. The number of carboxylic acids is 1. The van der Waals surface area contributed by atoms with Crippen molar-refractivity contribution in [3.8, 4) is 0 Å². The van der Waals surface area contributed by atoms with Gasteiger partial charge in [-0.05, 0) is 18.8 Å². The molecule has 0 amide bonds. The number of carbonyl (C=O) groups is 1. The van der Waals surface area contributed by atoms with Crippen LogP contribution in [0.5, 0.6) is 0 Å². The number of carboxylic acid groups (broad SMARTS) is 1. The molecule has 0 fully saturated rings. The summed E-state index contributed by atoms with van der Waals surface area (Å²) in [6.07, 6.45) is 10.2.